The third kappa shape index (κ3) is 5.74. The summed E-state index contributed by atoms with van der Waals surface area (Å²) in [6.45, 7) is 2.16. The number of hydrogen-bond donors (Lipinski definition) is 0. The molecule has 0 unspecified atom stereocenters. The van der Waals surface area contributed by atoms with Crippen LogP contribution in [0, 0.1) is 6.92 Å². The van der Waals surface area contributed by atoms with Gasteiger partial charge in [-0.1, -0.05) is 58.7 Å². The number of methoxy groups -OCH3 is 1. The summed E-state index contributed by atoms with van der Waals surface area (Å²) < 4.78 is 10.9. The van der Waals surface area contributed by atoms with E-state index in [0.717, 1.165) is 16.7 Å². The van der Waals surface area contributed by atoms with Crippen LogP contribution in [0.25, 0.3) is 6.08 Å². The van der Waals surface area contributed by atoms with Gasteiger partial charge in [-0.15, -0.1) is 0 Å². The lowest BCUT2D eigenvalue weighted by Gasteiger charge is -2.13. The summed E-state index contributed by atoms with van der Waals surface area (Å²) in [5.74, 6) is 0.116. The number of carbonyl (C=O) groups is 1. The van der Waals surface area contributed by atoms with Crippen molar-refractivity contribution in [2.75, 3.05) is 14.2 Å². The van der Waals surface area contributed by atoms with Gasteiger partial charge in [-0.2, -0.15) is 0 Å². The van der Waals surface area contributed by atoms with Crippen LogP contribution in [0.1, 0.15) is 22.3 Å². The van der Waals surface area contributed by atoms with Crippen LogP contribution in [0.4, 0.5) is 0 Å². The highest BCUT2D eigenvalue weighted by atomic mass is 35.5. The Bertz CT molecular complexity index is 874. The summed E-state index contributed by atoms with van der Waals surface area (Å²) in [6, 6.07) is 12.9. The molecule has 2 aromatic rings. The van der Waals surface area contributed by atoms with E-state index in [-0.39, 0.29) is 16.8 Å². The van der Waals surface area contributed by atoms with E-state index in [1.54, 1.807) is 18.2 Å². The molecule has 0 N–H and O–H groups in total. The third-order valence-electron chi connectivity index (χ3n) is 3.69. The number of halogens is 2. The molecule has 0 radical (unpaired) electrons. The maximum absolute atomic E-state index is 12.0. The zero-order chi connectivity index (χ0) is 19.8. The van der Waals surface area contributed by atoms with Crippen LogP contribution in [0.2, 0.25) is 0 Å². The van der Waals surface area contributed by atoms with Gasteiger partial charge in [-0.3, -0.25) is 0 Å². The third-order valence-corrected chi connectivity index (χ3v) is 3.91. The molecule has 0 heterocycles. The molecule has 0 amide bonds. The topological polar surface area (TPSA) is 57.1 Å². The Morgan fingerprint density at radius 2 is 1.89 bits per heavy atom. The molecule has 142 valence electrons. The average molecular weight is 408 g/mol. The minimum absolute atomic E-state index is 0.0770. The van der Waals surface area contributed by atoms with Gasteiger partial charge in [0.25, 0.3) is 0 Å². The van der Waals surface area contributed by atoms with Gasteiger partial charge in [0.2, 0.25) is 0 Å². The van der Waals surface area contributed by atoms with Crippen molar-refractivity contribution in [2.24, 2.45) is 5.16 Å². The lowest BCUT2D eigenvalue weighted by Crippen LogP contribution is -2.19. The van der Waals surface area contributed by atoms with Crippen molar-refractivity contribution in [1.29, 1.82) is 0 Å². The van der Waals surface area contributed by atoms with Crippen LogP contribution < -0.4 is 4.74 Å². The Balaban J connectivity index is 2.26. The molecular weight excluding hydrogens is 389 g/mol. The Morgan fingerprint density at radius 3 is 2.52 bits per heavy atom. The summed E-state index contributed by atoms with van der Waals surface area (Å²) in [6.07, 6.45) is 1.65. The highest BCUT2D eigenvalue weighted by Crippen LogP contribution is 2.24. The zero-order valence-electron chi connectivity index (χ0n) is 15.2. The van der Waals surface area contributed by atoms with Gasteiger partial charge in [0.05, 0.1) is 7.11 Å². The molecule has 0 aliphatic carbocycles. The highest BCUT2D eigenvalue weighted by molar-refractivity contribution is 6.57. The molecule has 0 aliphatic heterocycles. The number of carbonyl (C=O) groups excluding carboxylic acids is 1. The molecule has 0 spiro atoms. The second-order valence-corrected chi connectivity index (χ2v) is 6.53. The van der Waals surface area contributed by atoms with E-state index >= 15 is 0 Å². The summed E-state index contributed by atoms with van der Waals surface area (Å²) >= 11 is 11.4. The van der Waals surface area contributed by atoms with Crippen molar-refractivity contribution in [2.45, 2.75) is 13.5 Å². The summed E-state index contributed by atoms with van der Waals surface area (Å²) in [4.78, 5) is 16.8. The fourth-order valence-electron chi connectivity index (χ4n) is 2.47. The first kappa shape index (κ1) is 20.8. The number of aryl methyl sites for hydroxylation is 1. The first-order valence-electron chi connectivity index (χ1n) is 8.00. The van der Waals surface area contributed by atoms with E-state index in [0.29, 0.717) is 11.3 Å². The Morgan fingerprint density at radius 1 is 1.15 bits per heavy atom. The molecule has 0 saturated carbocycles. The molecule has 0 aromatic heterocycles. The first-order valence-corrected chi connectivity index (χ1v) is 8.75. The van der Waals surface area contributed by atoms with Gasteiger partial charge in [-0.25, -0.2) is 4.79 Å². The van der Waals surface area contributed by atoms with E-state index in [4.69, 9.17) is 37.5 Å². The van der Waals surface area contributed by atoms with Gasteiger partial charge >= 0.3 is 5.97 Å². The van der Waals surface area contributed by atoms with Crippen LogP contribution in [0.15, 0.2) is 52.1 Å². The van der Waals surface area contributed by atoms with Gasteiger partial charge in [0.15, 0.2) is 5.71 Å². The minimum atomic E-state index is -0.588. The number of hydrogen-bond acceptors (Lipinski definition) is 5. The number of nitrogens with zero attached hydrogens (tertiary/aromatic N) is 1. The molecule has 0 bridgehead atoms. The van der Waals surface area contributed by atoms with Crippen LogP contribution in [-0.4, -0.2) is 25.9 Å². The molecule has 0 aliphatic rings. The molecule has 0 saturated heterocycles. The normalized spacial score (nSPS) is 10.9. The van der Waals surface area contributed by atoms with E-state index in [9.17, 15) is 4.79 Å². The van der Waals surface area contributed by atoms with Crippen molar-refractivity contribution in [3.05, 3.63) is 69.2 Å². The molecule has 0 fully saturated rings. The van der Waals surface area contributed by atoms with Crippen LogP contribution in [0.5, 0.6) is 5.75 Å². The maximum atomic E-state index is 12.0. The molecular formula is C20H19Cl2NO4. The van der Waals surface area contributed by atoms with Gasteiger partial charge < -0.3 is 14.3 Å². The minimum Gasteiger partial charge on any atom is -0.489 e. The van der Waals surface area contributed by atoms with Gasteiger partial charge in [0, 0.05) is 5.56 Å². The van der Waals surface area contributed by atoms with E-state index in [1.807, 2.05) is 37.3 Å². The van der Waals surface area contributed by atoms with E-state index in [1.165, 1.54) is 14.2 Å². The van der Waals surface area contributed by atoms with E-state index in [2.05, 4.69) is 5.16 Å². The van der Waals surface area contributed by atoms with Crippen molar-refractivity contribution < 1.29 is 19.1 Å². The van der Waals surface area contributed by atoms with Crippen molar-refractivity contribution in [3.8, 4) is 5.75 Å². The summed E-state index contributed by atoms with van der Waals surface area (Å²) in [5, 5.41) is 3.79. The quantitative estimate of drug-likeness (QED) is 0.373. The zero-order valence-corrected chi connectivity index (χ0v) is 16.7. The second-order valence-electron chi connectivity index (χ2n) is 5.52. The standard InChI is InChI=1S/C20H19Cl2NO4/c1-13-10-14(11-18(21)22)8-9-17(13)27-12-15-6-4-5-7-16(15)19(23-26-3)20(24)25-2/h4-11H,12H2,1-3H3/b23-19+. The van der Waals surface area contributed by atoms with Crippen molar-refractivity contribution >= 4 is 41.0 Å². The predicted molar refractivity (Wildman–Crippen MR) is 107 cm³/mol. The van der Waals surface area contributed by atoms with Crippen LogP contribution in [0.3, 0.4) is 0 Å². The highest BCUT2D eigenvalue weighted by Gasteiger charge is 2.19. The molecule has 2 rings (SSSR count). The second kappa shape index (κ2) is 10.00. The van der Waals surface area contributed by atoms with Crippen LogP contribution >= 0.6 is 23.2 Å². The van der Waals surface area contributed by atoms with Gasteiger partial charge in [0.1, 0.15) is 24.0 Å². The van der Waals surface area contributed by atoms with E-state index < -0.39 is 5.97 Å². The number of esters is 1. The number of ether oxygens (including phenoxy) is 2. The maximum Gasteiger partial charge on any atom is 0.360 e. The van der Waals surface area contributed by atoms with Crippen LogP contribution in [-0.2, 0) is 21.0 Å². The number of rotatable bonds is 7. The molecule has 27 heavy (non-hydrogen) atoms. The fraction of sp³-hybridized carbons (Fsp3) is 0.200. The van der Waals surface area contributed by atoms with Gasteiger partial charge in [-0.05, 0) is 41.8 Å². The Kier molecular flexibility index (Phi) is 7.70. The first-order chi connectivity index (χ1) is 13.0. The summed E-state index contributed by atoms with van der Waals surface area (Å²) in [5.41, 5.74) is 3.23. The Labute approximate surface area is 168 Å². The smallest absolute Gasteiger partial charge is 0.360 e. The number of oxime groups is 1. The predicted octanol–water partition coefficient (Wildman–Crippen LogP) is 4.87. The van der Waals surface area contributed by atoms with Crippen molar-refractivity contribution in [3.63, 3.8) is 0 Å². The monoisotopic (exact) mass is 407 g/mol. The molecule has 7 heteroatoms. The molecule has 2 aromatic carbocycles. The van der Waals surface area contributed by atoms with Crippen molar-refractivity contribution in [1.82, 2.24) is 0 Å². The Hall–Kier alpha value is -2.50. The largest absolute Gasteiger partial charge is 0.489 e. The molecule has 5 nitrogen and oxygen atoms in total. The fourth-order valence-corrected chi connectivity index (χ4v) is 2.72. The SMILES string of the molecule is CO/N=C(/C(=O)OC)c1ccccc1COc1ccc(C=C(Cl)Cl)cc1C. The lowest BCUT2D eigenvalue weighted by atomic mass is 10.0. The summed E-state index contributed by atoms with van der Waals surface area (Å²) in [7, 11) is 2.66. The number of benzene rings is 2. The molecule has 0 atom stereocenters. The average Bonchev–Trinajstić information content (AvgIpc) is 2.65. The lowest BCUT2D eigenvalue weighted by molar-refractivity contribution is -0.132.